The predicted molar refractivity (Wildman–Crippen MR) is 77.1 cm³/mol. The minimum atomic E-state index is -0.110. The third-order valence-corrected chi connectivity index (χ3v) is 5.88. The van der Waals surface area contributed by atoms with Crippen LogP contribution in [0.3, 0.4) is 0 Å². The summed E-state index contributed by atoms with van der Waals surface area (Å²) in [5.41, 5.74) is 6.22. The number of hydrogen-bond donors (Lipinski definition) is 2. The van der Waals surface area contributed by atoms with E-state index in [1.807, 2.05) is 18.7 Å². The van der Waals surface area contributed by atoms with Crippen LogP contribution in [0.15, 0.2) is 5.38 Å². The normalized spacial score (nSPS) is 19.1. The van der Waals surface area contributed by atoms with Crippen LogP contribution >= 0.6 is 23.1 Å². The third-order valence-electron chi connectivity index (χ3n) is 3.41. The Hall–Kier alpha value is -0.590. The van der Waals surface area contributed by atoms with Gasteiger partial charge in [-0.05, 0) is 26.0 Å². The molecule has 2 rings (SSSR count). The van der Waals surface area contributed by atoms with Crippen molar-refractivity contribution in [3.05, 3.63) is 16.1 Å². The average Bonchev–Trinajstić information content (AvgIpc) is 2.77. The molecule has 3 N–H and O–H groups in total. The molecule has 1 aliphatic rings. The van der Waals surface area contributed by atoms with Crippen LogP contribution in [0.4, 0.5) is 0 Å². The first-order chi connectivity index (χ1) is 8.56. The molecule has 100 valence electrons. The van der Waals surface area contributed by atoms with Gasteiger partial charge in [-0.25, -0.2) is 4.98 Å². The second-order valence-corrected chi connectivity index (χ2v) is 6.95. The summed E-state index contributed by atoms with van der Waals surface area (Å²) in [4.78, 5) is 16.2. The zero-order chi connectivity index (χ0) is 13.2. The first-order valence-electron chi connectivity index (χ1n) is 6.11. The Balaban J connectivity index is 1.91. The number of thiazole rings is 1. The molecule has 0 aliphatic heterocycles. The molecule has 1 saturated carbocycles. The number of carbonyl (C=O) groups is 1. The number of amides is 1. The van der Waals surface area contributed by atoms with E-state index in [4.69, 9.17) is 5.73 Å². The number of hydrogen-bond acceptors (Lipinski definition) is 5. The molecule has 0 spiro atoms. The van der Waals surface area contributed by atoms with Gasteiger partial charge in [0.25, 0.3) is 5.91 Å². The van der Waals surface area contributed by atoms with Crippen molar-refractivity contribution in [3.8, 4) is 0 Å². The van der Waals surface area contributed by atoms with Crippen LogP contribution in [0.1, 0.15) is 47.7 Å². The number of aromatic nitrogens is 1. The van der Waals surface area contributed by atoms with Crippen LogP contribution < -0.4 is 11.1 Å². The van der Waals surface area contributed by atoms with Crippen LogP contribution in [0.5, 0.6) is 0 Å². The van der Waals surface area contributed by atoms with E-state index >= 15 is 0 Å². The molecule has 6 heteroatoms. The molecule has 1 unspecified atom stereocenters. The number of nitrogens with zero attached hydrogens (tertiary/aromatic N) is 1. The lowest BCUT2D eigenvalue weighted by atomic mass is 9.84. The van der Waals surface area contributed by atoms with Crippen LogP contribution in [-0.4, -0.2) is 28.4 Å². The van der Waals surface area contributed by atoms with Gasteiger partial charge in [-0.1, -0.05) is 6.42 Å². The number of rotatable bonds is 5. The fourth-order valence-electron chi connectivity index (χ4n) is 1.96. The van der Waals surface area contributed by atoms with Gasteiger partial charge in [0.2, 0.25) is 0 Å². The van der Waals surface area contributed by atoms with Crippen molar-refractivity contribution in [1.29, 1.82) is 0 Å². The van der Waals surface area contributed by atoms with Crippen molar-refractivity contribution < 1.29 is 4.79 Å². The molecule has 1 aromatic heterocycles. The summed E-state index contributed by atoms with van der Waals surface area (Å²) >= 11 is 3.30. The van der Waals surface area contributed by atoms with Crippen molar-refractivity contribution in [3.63, 3.8) is 0 Å². The molecule has 1 amide bonds. The summed E-state index contributed by atoms with van der Waals surface area (Å²) < 4.78 is 0.260. The summed E-state index contributed by atoms with van der Waals surface area (Å²) in [6.45, 7) is 2.61. The van der Waals surface area contributed by atoms with Gasteiger partial charge < -0.3 is 11.1 Å². The highest BCUT2D eigenvalue weighted by Crippen LogP contribution is 2.42. The molecule has 18 heavy (non-hydrogen) atoms. The maximum Gasteiger partial charge on any atom is 0.270 e. The number of carbonyl (C=O) groups excluding carboxylic acids is 1. The molecule has 0 aromatic carbocycles. The predicted octanol–water partition coefficient (Wildman–Crippen LogP) is 2.18. The summed E-state index contributed by atoms with van der Waals surface area (Å²) in [7, 11) is 0. The Kier molecular flexibility index (Phi) is 4.29. The molecule has 0 radical (unpaired) electrons. The second kappa shape index (κ2) is 5.59. The topological polar surface area (TPSA) is 68.0 Å². The zero-order valence-corrected chi connectivity index (χ0v) is 12.4. The van der Waals surface area contributed by atoms with Gasteiger partial charge in [0, 0.05) is 16.7 Å². The molecule has 1 aromatic rings. The fourth-order valence-corrected chi connectivity index (χ4v) is 3.63. The molecule has 1 heterocycles. The highest BCUT2D eigenvalue weighted by Gasteiger charge is 2.36. The van der Waals surface area contributed by atoms with Crippen LogP contribution in [0.25, 0.3) is 0 Å². The average molecular weight is 285 g/mol. The highest BCUT2D eigenvalue weighted by atomic mass is 32.2. The van der Waals surface area contributed by atoms with E-state index in [1.165, 1.54) is 30.6 Å². The molecule has 1 atom stereocenters. The Labute approximate surface area is 116 Å². The van der Waals surface area contributed by atoms with Gasteiger partial charge in [-0.15, -0.1) is 11.3 Å². The van der Waals surface area contributed by atoms with Crippen molar-refractivity contribution >= 4 is 29.0 Å². The monoisotopic (exact) mass is 285 g/mol. The van der Waals surface area contributed by atoms with Crippen LogP contribution in [0, 0.1) is 0 Å². The van der Waals surface area contributed by atoms with Crippen molar-refractivity contribution in [2.24, 2.45) is 5.73 Å². The van der Waals surface area contributed by atoms with E-state index < -0.39 is 0 Å². The first kappa shape index (κ1) is 13.8. The maximum atomic E-state index is 12.0. The largest absolute Gasteiger partial charge is 0.349 e. The summed E-state index contributed by atoms with van der Waals surface area (Å²) in [6, 6.07) is -0.110. The number of nitrogens with two attached hydrogens (primary N) is 1. The van der Waals surface area contributed by atoms with Crippen LogP contribution in [-0.2, 0) is 0 Å². The third kappa shape index (κ3) is 2.87. The highest BCUT2D eigenvalue weighted by molar-refractivity contribution is 8.00. The maximum absolute atomic E-state index is 12.0. The minimum Gasteiger partial charge on any atom is -0.349 e. The number of thioether (sulfide) groups is 1. The zero-order valence-electron chi connectivity index (χ0n) is 10.7. The molecular formula is C12H19N3OS2. The lowest BCUT2D eigenvalue weighted by Crippen LogP contribution is -2.45. The van der Waals surface area contributed by atoms with Gasteiger partial charge >= 0.3 is 0 Å². The Morgan fingerprint density at radius 2 is 2.44 bits per heavy atom. The van der Waals surface area contributed by atoms with E-state index in [0.29, 0.717) is 5.69 Å². The van der Waals surface area contributed by atoms with Crippen LogP contribution in [0.2, 0.25) is 0 Å². The lowest BCUT2D eigenvalue weighted by molar-refractivity contribution is 0.0939. The smallest absolute Gasteiger partial charge is 0.270 e. The van der Waals surface area contributed by atoms with E-state index in [0.717, 1.165) is 11.6 Å². The minimum absolute atomic E-state index is 0.0847. The second-order valence-electron chi connectivity index (χ2n) is 4.78. The molecule has 0 saturated heterocycles. The summed E-state index contributed by atoms with van der Waals surface area (Å²) in [5, 5.41) is 5.58. The standard InChI is InChI=1S/C12H19N3OS2/c1-8(13)11-15-9(6-18-11)10(16)14-7-12(17-2)4-3-5-12/h6,8H,3-5,7,13H2,1-2H3,(H,14,16). The lowest BCUT2D eigenvalue weighted by Gasteiger charge is -2.40. The number of nitrogens with one attached hydrogen (secondary N) is 1. The molecule has 1 aliphatic carbocycles. The van der Waals surface area contributed by atoms with Crippen molar-refractivity contribution in [2.75, 3.05) is 12.8 Å². The Bertz CT molecular complexity index is 421. The van der Waals surface area contributed by atoms with Crippen molar-refractivity contribution in [1.82, 2.24) is 10.3 Å². The van der Waals surface area contributed by atoms with Gasteiger partial charge in [0.05, 0.1) is 6.04 Å². The van der Waals surface area contributed by atoms with Gasteiger partial charge in [-0.2, -0.15) is 11.8 Å². The SMILES string of the molecule is CSC1(CNC(=O)c2csc(C(C)N)n2)CCC1. The molecule has 4 nitrogen and oxygen atoms in total. The summed E-state index contributed by atoms with van der Waals surface area (Å²) in [6.07, 6.45) is 5.76. The molecular weight excluding hydrogens is 266 g/mol. The van der Waals surface area contributed by atoms with Gasteiger partial charge in [-0.3, -0.25) is 4.79 Å². The summed E-state index contributed by atoms with van der Waals surface area (Å²) in [5.74, 6) is -0.0847. The molecule has 0 bridgehead atoms. The van der Waals surface area contributed by atoms with Crippen molar-refractivity contribution in [2.45, 2.75) is 37.0 Å². The fraction of sp³-hybridized carbons (Fsp3) is 0.667. The van der Waals surface area contributed by atoms with Gasteiger partial charge in [0.15, 0.2) is 0 Å². The van der Waals surface area contributed by atoms with E-state index in [1.54, 1.807) is 5.38 Å². The first-order valence-corrected chi connectivity index (χ1v) is 8.21. The van der Waals surface area contributed by atoms with E-state index in [2.05, 4.69) is 16.6 Å². The molecule has 1 fully saturated rings. The Morgan fingerprint density at radius 1 is 1.72 bits per heavy atom. The van der Waals surface area contributed by atoms with E-state index in [-0.39, 0.29) is 16.7 Å². The van der Waals surface area contributed by atoms with Gasteiger partial charge in [0.1, 0.15) is 10.7 Å². The van der Waals surface area contributed by atoms with E-state index in [9.17, 15) is 4.79 Å². The Morgan fingerprint density at radius 3 is 2.89 bits per heavy atom. The quantitative estimate of drug-likeness (QED) is 0.870.